The van der Waals surface area contributed by atoms with Crippen LogP contribution in [0.2, 0.25) is 0 Å². The molecule has 0 saturated carbocycles. The SMILES string of the molecule is CCOc1ccccc1N1C[C@@H](C(=O)N2CCN(c3ccccc3)CC2)CC1=O. The lowest BCUT2D eigenvalue weighted by Gasteiger charge is -2.37. The van der Waals surface area contributed by atoms with Crippen LogP contribution in [-0.4, -0.2) is 56.0 Å². The van der Waals surface area contributed by atoms with Gasteiger partial charge in [-0.3, -0.25) is 9.59 Å². The molecule has 2 heterocycles. The van der Waals surface area contributed by atoms with E-state index < -0.39 is 0 Å². The minimum atomic E-state index is -0.291. The molecular formula is C23H27N3O3. The Morgan fingerprint density at radius 1 is 1.00 bits per heavy atom. The van der Waals surface area contributed by atoms with E-state index in [2.05, 4.69) is 17.0 Å². The second kappa shape index (κ2) is 8.55. The van der Waals surface area contributed by atoms with Crippen LogP contribution in [-0.2, 0) is 9.59 Å². The quantitative estimate of drug-likeness (QED) is 0.784. The number of benzene rings is 2. The van der Waals surface area contributed by atoms with Gasteiger partial charge in [-0.05, 0) is 31.2 Å². The van der Waals surface area contributed by atoms with E-state index in [-0.39, 0.29) is 24.2 Å². The third-order valence-corrected chi connectivity index (χ3v) is 5.64. The first-order valence-electron chi connectivity index (χ1n) is 10.3. The lowest BCUT2D eigenvalue weighted by molar-refractivity contribution is -0.136. The van der Waals surface area contributed by atoms with Crippen LogP contribution in [0.3, 0.4) is 0 Å². The summed E-state index contributed by atoms with van der Waals surface area (Å²) in [7, 11) is 0. The van der Waals surface area contributed by atoms with Gasteiger partial charge in [0, 0.05) is 44.8 Å². The van der Waals surface area contributed by atoms with E-state index in [1.807, 2.05) is 54.3 Å². The maximum atomic E-state index is 13.1. The number of amides is 2. The fraction of sp³-hybridized carbons (Fsp3) is 0.391. The summed E-state index contributed by atoms with van der Waals surface area (Å²) in [6, 6.07) is 17.8. The van der Waals surface area contributed by atoms with Crippen molar-refractivity contribution in [3.8, 4) is 5.75 Å². The monoisotopic (exact) mass is 393 g/mol. The summed E-state index contributed by atoms with van der Waals surface area (Å²) in [4.78, 5) is 31.6. The number of anilines is 2. The Morgan fingerprint density at radius 2 is 1.69 bits per heavy atom. The molecule has 2 aliphatic heterocycles. The minimum Gasteiger partial charge on any atom is -0.492 e. The van der Waals surface area contributed by atoms with Gasteiger partial charge >= 0.3 is 0 Å². The largest absolute Gasteiger partial charge is 0.492 e. The Labute approximate surface area is 171 Å². The molecule has 0 aliphatic carbocycles. The molecule has 152 valence electrons. The predicted molar refractivity (Wildman–Crippen MR) is 113 cm³/mol. The van der Waals surface area contributed by atoms with Gasteiger partial charge in [0.1, 0.15) is 5.75 Å². The molecule has 2 amide bonds. The molecule has 6 nitrogen and oxygen atoms in total. The predicted octanol–water partition coefficient (Wildman–Crippen LogP) is 2.79. The zero-order valence-corrected chi connectivity index (χ0v) is 16.8. The Balaban J connectivity index is 1.39. The highest BCUT2D eigenvalue weighted by atomic mass is 16.5. The van der Waals surface area contributed by atoms with Gasteiger partial charge in [0.25, 0.3) is 0 Å². The highest BCUT2D eigenvalue weighted by molar-refractivity contribution is 6.01. The number of carbonyl (C=O) groups is 2. The average molecular weight is 393 g/mol. The lowest BCUT2D eigenvalue weighted by Crippen LogP contribution is -2.50. The van der Waals surface area contributed by atoms with Crippen LogP contribution >= 0.6 is 0 Å². The van der Waals surface area contributed by atoms with Crippen molar-refractivity contribution in [3.05, 3.63) is 54.6 Å². The number of para-hydroxylation sites is 3. The molecule has 2 fully saturated rings. The van der Waals surface area contributed by atoms with Crippen molar-refractivity contribution in [2.45, 2.75) is 13.3 Å². The molecule has 2 aliphatic rings. The van der Waals surface area contributed by atoms with E-state index in [0.717, 1.165) is 18.8 Å². The molecule has 2 saturated heterocycles. The van der Waals surface area contributed by atoms with Crippen LogP contribution in [0.15, 0.2) is 54.6 Å². The topological polar surface area (TPSA) is 53.1 Å². The van der Waals surface area contributed by atoms with E-state index in [1.165, 1.54) is 5.69 Å². The summed E-state index contributed by atoms with van der Waals surface area (Å²) in [6.07, 6.45) is 0.262. The van der Waals surface area contributed by atoms with Crippen molar-refractivity contribution in [3.63, 3.8) is 0 Å². The summed E-state index contributed by atoms with van der Waals surface area (Å²) in [5.41, 5.74) is 1.94. The van der Waals surface area contributed by atoms with E-state index in [4.69, 9.17) is 4.74 Å². The zero-order valence-electron chi connectivity index (χ0n) is 16.8. The number of hydrogen-bond donors (Lipinski definition) is 0. The fourth-order valence-electron chi connectivity index (χ4n) is 4.15. The highest BCUT2D eigenvalue weighted by Crippen LogP contribution is 2.33. The van der Waals surface area contributed by atoms with Gasteiger partial charge in [-0.2, -0.15) is 0 Å². The Bertz CT molecular complexity index is 863. The average Bonchev–Trinajstić information content (AvgIpc) is 3.16. The Hall–Kier alpha value is -3.02. The van der Waals surface area contributed by atoms with E-state index in [9.17, 15) is 9.59 Å². The molecule has 4 rings (SSSR count). The molecule has 29 heavy (non-hydrogen) atoms. The molecule has 2 aromatic carbocycles. The second-order valence-corrected chi connectivity index (χ2v) is 7.45. The molecule has 0 spiro atoms. The molecule has 6 heteroatoms. The molecular weight excluding hydrogens is 366 g/mol. The third-order valence-electron chi connectivity index (χ3n) is 5.64. The van der Waals surface area contributed by atoms with Gasteiger partial charge in [-0.15, -0.1) is 0 Å². The van der Waals surface area contributed by atoms with Gasteiger partial charge < -0.3 is 19.4 Å². The van der Waals surface area contributed by atoms with Gasteiger partial charge in [0.05, 0.1) is 18.2 Å². The molecule has 0 radical (unpaired) electrons. The summed E-state index contributed by atoms with van der Waals surface area (Å²) >= 11 is 0. The van der Waals surface area contributed by atoms with Crippen molar-refractivity contribution in [1.29, 1.82) is 0 Å². The van der Waals surface area contributed by atoms with Crippen molar-refractivity contribution in [2.75, 3.05) is 49.1 Å². The molecule has 0 aromatic heterocycles. The first kappa shape index (κ1) is 19.3. The van der Waals surface area contributed by atoms with E-state index >= 15 is 0 Å². The van der Waals surface area contributed by atoms with Gasteiger partial charge in [0.2, 0.25) is 11.8 Å². The zero-order chi connectivity index (χ0) is 20.2. The number of rotatable bonds is 5. The second-order valence-electron chi connectivity index (χ2n) is 7.45. The molecule has 0 N–H and O–H groups in total. The van der Waals surface area contributed by atoms with Gasteiger partial charge in [-0.25, -0.2) is 0 Å². The number of hydrogen-bond acceptors (Lipinski definition) is 4. The van der Waals surface area contributed by atoms with Crippen LogP contribution < -0.4 is 14.5 Å². The summed E-state index contributed by atoms with van der Waals surface area (Å²) < 4.78 is 5.67. The number of ether oxygens (including phenoxy) is 1. The summed E-state index contributed by atoms with van der Waals surface area (Å²) in [6.45, 7) is 5.88. The van der Waals surface area contributed by atoms with Crippen molar-refractivity contribution < 1.29 is 14.3 Å². The normalized spacial score (nSPS) is 19.6. The van der Waals surface area contributed by atoms with Crippen LogP contribution in [0.1, 0.15) is 13.3 Å². The molecule has 0 bridgehead atoms. The van der Waals surface area contributed by atoms with E-state index in [1.54, 1.807) is 4.90 Å². The molecule has 1 atom stereocenters. The number of piperazine rings is 1. The Morgan fingerprint density at radius 3 is 2.41 bits per heavy atom. The van der Waals surface area contributed by atoms with Gasteiger partial charge in [-0.1, -0.05) is 30.3 Å². The number of nitrogens with zero attached hydrogens (tertiary/aromatic N) is 3. The van der Waals surface area contributed by atoms with Crippen molar-refractivity contribution in [1.82, 2.24) is 4.90 Å². The smallest absolute Gasteiger partial charge is 0.228 e. The van der Waals surface area contributed by atoms with E-state index in [0.29, 0.717) is 32.0 Å². The molecule has 2 aromatic rings. The van der Waals surface area contributed by atoms with Crippen LogP contribution in [0.4, 0.5) is 11.4 Å². The summed E-state index contributed by atoms with van der Waals surface area (Å²) in [5.74, 6) is 0.467. The molecule has 0 unspecified atom stereocenters. The van der Waals surface area contributed by atoms with Gasteiger partial charge in [0.15, 0.2) is 0 Å². The maximum Gasteiger partial charge on any atom is 0.228 e. The highest BCUT2D eigenvalue weighted by Gasteiger charge is 2.38. The lowest BCUT2D eigenvalue weighted by atomic mass is 10.1. The third kappa shape index (κ3) is 4.06. The number of carbonyl (C=O) groups excluding carboxylic acids is 2. The summed E-state index contributed by atoms with van der Waals surface area (Å²) in [5, 5.41) is 0. The first-order chi connectivity index (χ1) is 14.2. The minimum absolute atomic E-state index is 0.0153. The first-order valence-corrected chi connectivity index (χ1v) is 10.3. The van der Waals surface area contributed by atoms with Crippen LogP contribution in [0.25, 0.3) is 0 Å². The van der Waals surface area contributed by atoms with Crippen molar-refractivity contribution >= 4 is 23.2 Å². The van der Waals surface area contributed by atoms with Crippen LogP contribution in [0.5, 0.6) is 5.75 Å². The van der Waals surface area contributed by atoms with Crippen molar-refractivity contribution in [2.24, 2.45) is 5.92 Å². The maximum absolute atomic E-state index is 13.1. The fourth-order valence-corrected chi connectivity index (χ4v) is 4.15. The van der Waals surface area contributed by atoms with Crippen LogP contribution in [0, 0.1) is 5.92 Å². The Kier molecular flexibility index (Phi) is 5.69. The standard InChI is InChI=1S/C23H27N3O3/c1-2-29-21-11-7-6-10-20(21)26-17-18(16-22(26)27)23(28)25-14-12-24(13-15-25)19-8-4-3-5-9-19/h3-11,18H,2,12-17H2,1H3/t18-/m0/s1.